The maximum Gasteiger partial charge on any atom is 0.194 e. The molecule has 0 aliphatic heterocycles. The van der Waals surface area contributed by atoms with Gasteiger partial charge in [-0.15, -0.1) is 0 Å². The minimum atomic E-state index is -0.349. The molecule has 8 rings (SSSR count). The zero-order valence-corrected chi connectivity index (χ0v) is 19.2. The van der Waals surface area contributed by atoms with Crippen LogP contribution in [-0.2, 0) is 0 Å². The van der Waals surface area contributed by atoms with E-state index >= 15 is 0 Å². The highest BCUT2D eigenvalue weighted by Crippen LogP contribution is 2.60. The van der Waals surface area contributed by atoms with Crippen molar-refractivity contribution in [1.29, 1.82) is 0 Å². The van der Waals surface area contributed by atoms with Gasteiger partial charge in [-0.3, -0.25) is 9.59 Å². The first-order valence-electron chi connectivity index (χ1n) is 11.2. The van der Waals surface area contributed by atoms with E-state index in [1.807, 2.05) is 48.6 Å². The summed E-state index contributed by atoms with van der Waals surface area (Å²) in [6.07, 6.45) is 12.4. The molecule has 0 fully saturated rings. The Bertz CT molecular complexity index is 1700. The molecule has 0 bridgehead atoms. The Hall–Kier alpha value is -3.46. The van der Waals surface area contributed by atoms with Crippen LogP contribution in [-0.4, -0.2) is 11.6 Å². The molecule has 0 amide bonds. The molecule has 0 saturated heterocycles. The van der Waals surface area contributed by atoms with E-state index in [1.165, 1.54) is 0 Å². The summed E-state index contributed by atoms with van der Waals surface area (Å²) in [5.74, 6) is -0.386. The standard InChI is InChI=1S/C30H14Cl2O2/c31-21-5-1-3-15-25(21)19-11-13-8-10-18-28-20(26-16(30(18)34)4-2-6-22(26)32)12-14-7-9-17(29(15)33)27(19)23(14)24(13)28/h1-12,17,24H. The van der Waals surface area contributed by atoms with Gasteiger partial charge in [0, 0.05) is 43.8 Å². The molecule has 0 heterocycles. The first-order valence-corrected chi connectivity index (χ1v) is 12.0. The van der Waals surface area contributed by atoms with Crippen molar-refractivity contribution in [2.45, 2.75) is 0 Å². The number of halogens is 2. The van der Waals surface area contributed by atoms with E-state index in [4.69, 9.17) is 23.2 Å². The van der Waals surface area contributed by atoms with Gasteiger partial charge in [0.1, 0.15) is 0 Å². The Labute approximate surface area is 205 Å². The molecular weight excluding hydrogens is 463 g/mol. The van der Waals surface area contributed by atoms with Gasteiger partial charge in [-0.05, 0) is 63.3 Å². The van der Waals surface area contributed by atoms with Crippen molar-refractivity contribution in [1.82, 2.24) is 0 Å². The topological polar surface area (TPSA) is 34.1 Å². The minimum Gasteiger partial charge on any atom is -0.293 e. The second kappa shape index (κ2) is 6.15. The molecule has 0 saturated carbocycles. The number of Topliss-reactive ketones (excluding diaryl/α,β-unsaturated/α-hetero) is 2. The highest BCUT2D eigenvalue weighted by molar-refractivity contribution is 6.35. The summed E-state index contributed by atoms with van der Waals surface area (Å²) in [5.41, 5.74) is 10.9. The molecule has 0 N–H and O–H groups in total. The van der Waals surface area contributed by atoms with Crippen LogP contribution in [0.4, 0.5) is 0 Å². The molecule has 2 atom stereocenters. The largest absolute Gasteiger partial charge is 0.293 e. The molecule has 2 aromatic rings. The second-order valence-electron chi connectivity index (χ2n) is 9.35. The Morgan fingerprint density at radius 3 is 2.29 bits per heavy atom. The fourth-order valence-electron chi connectivity index (χ4n) is 6.51. The molecule has 2 aromatic carbocycles. The van der Waals surface area contributed by atoms with E-state index < -0.39 is 0 Å². The number of carbonyl (C=O) groups is 2. The van der Waals surface area contributed by atoms with Crippen molar-refractivity contribution in [3.05, 3.63) is 139 Å². The Kier molecular flexibility index (Phi) is 3.42. The van der Waals surface area contributed by atoms with Crippen molar-refractivity contribution in [2.24, 2.45) is 11.8 Å². The number of allylic oxidation sites excluding steroid dienone is 14. The van der Waals surface area contributed by atoms with Crippen LogP contribution in [0, 0.1) is 11.8 Å². The van der Waals surface area contributed by atoms with Crippen LogP contribution >= 0.6 is 23.2 Å². The van der Waals surface area contributed by atoms with E-state index in [-0.39, 0.29) is 23.4 Å². The lowest BCUT2D eigenvalue weighted by Crippen LogP contribution is -2.35. The van der Waals surface area contributed by atoms with Gasteiger partial charge >= 0.3 is 0 Å². The van der Waals surface area contributed by atoms with E-state index in [2.05, 4.69) is 24.3 Å². The first kappa shape index (κ1) is 18.9. The van der Waals surface area contributed by atoms with Crippen LogP contribution in [0.1, 0.15) is 31.8 Å². The van der Waals surface area contributed by atoms with Crippen LogP contribution in [0.25, 0.3) is 11.1 Å². The van der Waals surface area contributed by atoms with Crippen LogP contribution in [0.5, 0.6) is 0 Å². The van der Waals surface area contributed by atoms with E-state index in [1.54, 1.807) is 0 Å². The molecule has 0 aromatic heterocycles. The molecule has 2 unspecified atom stereocenters. The fourth-order valence-corrected chi connectivity index (χ4v) is 7.06. The number of carbonyl (C=O) groups excluding carboxylic acids is 2. The van der Waals surface area contributed by atoms with Gasteiger partial charge in [0.25, 0.3) is 0 Å². The predicted octanol–water partition coefficient (Wildman–Crippen LogP) is 7.14. The molecule has 2 nitrogen and oxygen atoms in total. The quantitative estimate of drug-likeness (QED) is 0.404. The highest BCUT2D eigenvalue weighted by Gasteiger charge is 2.48. The lowest BCUT2D eigenvalue weighted by molar-refractivity contribution is 0.0957. The van der Waals surface area contributed by atoms with Gasteiger partial charge in [0.05, 0.1) is 5.92 Å². The molecule has 160 valence electrons. The zero-order valence-electron chi connectivity index (χ0n) is 17.7. The van der Waals surface area contributed by atoms with Gasteiger partial charge in [-0.25, -0.2) is 0 Å². The maximum absolute atomic E-state index is 13.6. The lowest BCUT2D eigenvalue weighted by atomic mass is 9.57. The minimum absolute atomic E-state index is 0.000196. The normalized spacial score (nSPS) is 24.6. The Morgan fingerprint density at radius 1 is 0.706 bits per heavy atom. The van der Waals surface area contributed by atoms with E-state index in [9.17, 15) is 9.59 Å². The van der Waals surface area contributed by atoms with Crippen molar-refractivity contribution in [2.75, 3.05) is 0 Å². The third-order valence-electron chi connectivity index (χ3n) is 7.82. The van der Waals surface area contributed by atoms with Crippen LogP contribution in [0.3, 0.4) is 0 Å². The lowest BCUT2D eigenvalue weighted by Gasteiger charge is -2.45. The third kappa shape index (κ3) is 2.06. The SMILES string of the molecule is O=C1C2=C3C(=CC4=C5C6=C(C=C(C=C2)C53)c2c(Cl)cccc2C(=O)C6C=C4)c2c(Cl)cccc21. The van der Waals surface area contributed by atoms with Crippen LogP contribution in [0.15, 0.2) is 106 Å². The fraction of sp³-hybridized carbons (Fsp3) is 0.0667. The van der Waals surface area contributed by atoms with Crippen molar-refractivity contribution >= 4 is 45.9 Å². The van der Waals surface area contributed by atoms with Crippen molar-refractivity contribution in [3.8, 4) is 0 Å². The number of rotatable bonds is 0. The number of benzene rings is 2. The van der Waals surface area contributed by atoms with Gasteiger partial charge in [-0.2, -0.15) is 0 Å². The van der Waals surface area contributed by atoms with Gasteiger partial charge in [0.2, 0.25) is 0 Å². The number of fused-ring (bicyclic) bond motifs is 4. The summed E-state index contributed by atoms with van der Waals surface area (Å²) in [4.78, 5) is 27.1. The van der Waals surface area contributed by atoms with Crippen LogP contribution in [0.2, 0.25) is 10.0 Å². The van der Waals surface area contributed by atoms with Crippen LogP contribution < -0.4 is 0 Å². The summed E-state index contributed by atoms with van der Waals surface area (Å²) < 4.78 is 0. The average molecular weight is 477 g/mol. The summed E-state index contributed by atoms with van der Waals surface area (Å²) in [7, 11) is 0. The smallest absolute Gasteiger partial charge is 0.194 e. The average Bonchev–Trinajstić information content (AvgIpc) is 2.85. The number of hydrogen-bond acceptors (Lipinski definition) is 2. The predicted molar refractivity (Wildman–Crippen MR) is 134 cm³/mol. The molecule has 34 heavy (non-hydrogen) atoms. The van der Waals surface area contributed by atoms with E-state index in [0.717, 1.165) is 50.1 Å². The van der Waals surface area contributed by atoms with Gasteiger partial charge in [-0.1, -0.05) is 71.8 Å². The monoisotopic (exact) mass is 476 g/mol. The first-order chi connectivity index (χ1) is 16.5. The molecule has 4 heteroatoms. The summed E-state index contributed by atoms with van der Waals surface area (Å²) in [5, 5.41) is 1.16. The number of ketones is 2. The summed E-state index contributed by atoms with van der Waals surface area (Å²) >= 11 is 13.3. The van der Waals surface area contributed by atoms with Crippen molar-refractivity contribution < 1.29 is 9.59 Å². The van der Waals surface area contributed by atoms with Gasteiger partial charge in [0.15, 0.2) is 11.6 Å². The molecule has 6 aliphatic carbocycles. The Morgan fingerprint density at radius 2 is 1.47 bits per heavy atom. The van der Waals surface area contributed by atoms with Crippen molar-refractivity contribution in [3.63, 3.8) is 0 Å². The van der Waals surface area contributed by atoms with Gasteiger partial charge < -0.3 is 0 Å². The summed E-state index contributed by atoms with van der Waals surface area (Å²) in [6.45, 7) is 0. The molecule has 0 spiro atoms. The second-order valence-corrected chi connectivity index (χ2v) is 10.2. The molecule has 6 aliphatic rings. The third-order valence-corrected chi connectivity index (χ3v) is 8.45. The maximum atomic E-state index is 13.6. The molecule has 0 radical (unpaired) electrons. The molecular formula is C30H14Cl2O2. The van der Waals surface area contributed by atoms with E-state index in [0.29, 0.717) is 26.7 Å². The summed E-state index contributed by atoms with van der Waals surface area (Å²) in [6, 6.07) is 11.1. The number of hydrogen-bond donors (Lipinski definition) is 0. The Balaban J connectivity index is 1.51. The highest BCUT2D eigenvalue weighted by atomic mass is 35.5. The zero-order chi connectivity index (χ0) is 22.9.